The second kappa shape index (κ2) is 6.52. The summed E-state index contributed by atoms with van der Waals surface area (Å²) in [5.74, 6) is 2.01. The summed E-state index contributed by atoms with van der Waals surface area (Å²) in [6.45, 7) is 2.10. The fourth-order valence-corrected chi connectivity index (χ4v) is 2.32. The second-order valence-corrected chi connectivity index (χ2v) is 4.89. The van der Waals surface area contributed by atoms with E-state index in [0.717, 1.165) is 11.6 Å². The van der Waals surface area contributed by atoms with Crippen LogP contribution in [0.25, 0.3) is 0 Å². The minimum atomic E-state index is -0.0389. The smallest absolute Gasteiger partial charge is 0.249 e. The van der Waals surface area contributed by atoms with Crippen molar-refractivity contribution in [2.75, 3.05) is 20.3 Å². The highest BCUT2D eigenvalue weighted by Gasteiger charge is 2.24. The Hall–Kier alpha value is -2.48. The molecule has 0 atom stereocenters. The first-order chi connectivity index (χ1) is 10.8. The summed E-state index contributed by atoms with van der Waals surface area (Å²) in [5.41, 5.74) is 0. The number of hydrogen-bond donors (Lipinski definition) is 0. The van der Waals surface area contributed by atoms with Crippen LogP contribution >= 0.6 is 0 Å². The van der Waals surface area contributed by atoms with Crippen LogP contribution in [0.4, 0.5) is 0 Å². The Morgan fingerprint density at radius 2 is 2.23 bits per heavy atom. The Kier molecular flexibility index (Phi) is 4.29. The van der Waals surface area contributed by atoms with Gasteiger partial charge in [0.15, 0.2) is 11.6 Å². The zero-order chi connectivity index (χ0) is 15.4. The largest absolute Gasteiger partial charge is 0.469 e. The molecule has 0 saturated heterocycles. The van der Waals surface area contributed by atoms with Crippen LogP contribution in [0.5, 0.6) is 5.88 Å². The van der Waals surface area contributed by atoms with Crippen LogP contribution in [0.3, 0.4) is 0 Å². The van der Waals surface area contributed by atoms with Gasteiger partial charge < -0.3 is 18.9 Å². The first-order valence-corrected chi connectivity index (χ1v) is 6.99. The molecule has 0 N–H and O–H groups in total. The molecular weight excluding hydrogens is 286 g/mol. The SMILES string of the molecule is COCC(=O)N1CCn2c(COc3ccccn3)nnc2C1. The lowest BCUT2D eigenvalue weighted by atomic mass is 10.3. The van der Waals surface area contributed by atoms with Crippen molar-refractivity contribution in [3.05, 3.63) is 36.0 Å². The van der Waals surface area contributed by atoms with Gasteiger partial charge in [-0.15, -0.1) is 10.2 Å². The summed E-state index contributed by atoms with van der Waals surface area (Å²) < 4.78 is 12.5. The molecule has 0 aliphatic carbocycles. The molecule has 1 aliphatic rings. The van der Waals surface area contributed by atoms with Gasteiger partial charge in [0.1, 0.15) is 13.2 Å². The van der Waals surface area contributed by atoms with Gasteiger partial charge in [0, 0.05) is 32.5 Å². The molecular formula is C14H17N5O3. The van der Waals surface area contributed by atoms with E-state index in [2.05, 4.69) is 15.2 Å². The van der Waals surface area contributed by atoms with E-state index in [0.29, 0.717) is 32.1 Å². The van der Waals surface area contributed by atoms with E-state index in [-0.39, 0.29) is 12.5 Å². The molecule has 3 heterocycles. The molecule has 0 fully saturated rings. The van der Waals surface area contributed by atoms with Gasteiger partial charge in [-0.05, 0) is 6.07 Å². The van der Waals surface area contributed by atoms with Gasteiger partial charge in [0.2, 0.25) is 11.8 Å². The zero-order valence-corrected chi connectivity index (χ0v) is 12.3. The number of amides is 1. The van der Waals surface area contributed by atoms with Crippen molar-refractivity contribution in [3.8, 4) is 5.88 Å². The van der Waals surface area contributed by atoms with Gasteiger partial charge in [-0.25, -0.2) is 4.98 Å². The molecule has 116 valence electrons. The minimum Gasteiger partial charge on any atom is -0.469 e. The average Bonchev–Trinajstić information content (AvgIpc) is 2.96. The van der Waals surface area contributed by atoms with Gasteiger partial charge in [-0.2, -0.15) is 0 Å². The number of carbonyl (C=O) groups excluding carboxylic acids is 1. The molecule has 3 rings (SSSR count). The summed E-state index contributed by atoms with van der Waals surface area (Å²) in [5, 5.41) is 8.28. The van der Waals surface area contributed by atoms with Gasteiger partial charge in [0.05, 0.1) is 6.54 Å². The third-order valence-corrected chi connectivity index (χ3v) is 3.44. The van der Waals surface area contributed by atoms with Crippen molar-refractivity contribution < 1.29 is 14.3 Å². The fraction of sp³-hybridized carbons (Fsp3) is 0.429. The predicted octanol–water partition coefficient (Wildman–Crippen LogP) is 0.241. The average molecular weight is 303 g/mol. The third kappa shape index (κ3) is 3.06. The molecule has 8 nitrogen and oxygen atoms in total. The monoisotopic (exact) mass is 303 g/mol. The molecule has 0 unspecified atom stereocenters. The van der Waals surface area contributed by atoms with Gasteiger partial charge in [-0.3, -0.25) is 4.79 Å². The van der Waals surface area contributed by atoms with Crippen molar-refractivity contribution in [3.63, 3.8) is 0 Å². The van der Waals surface area contributed by atoms with Crippen molar-refractivity contribution in [1.82, 2.24) is 24.6 Å². The van der Waals surface area contributed by atoms with E-state index in [1.165, 1.54) is 7.11 Å². The Bertz CT molecular complexity index is 643. The van der Waals surface area contributed by atoms with Gasteiger partial charge in [0.25, 0.3) is 0 Å². The molecule has 1 aliphatic heterocycles. The van der Waals surface area contributed by atoms with Crippen LogP contribution in [-0.4, -0.2) is 50.8 Å². The number of hydrogen-bond acceptors (Lipinski definition) is 6. The number of fused-ring (bicyclic) bond motifs is 1. The van der Waals surface area contributed by atoms with Crippen molar-refractivity contribution >= 4 is 5.91 Å². The minimum absolute atomic E-state index is 0.0389. The van der Waals surface area contributed by atoms with Crippen LogP contribution in [-0.2, 0) is 29.2 Å². The highest BCUT2D eigenvalue weighted by atomic mass is 16.5. The predicted molar refractivity (Wildman–Crippen MR) is 75.9 cm³/mol. The molecule has 1 amide bonds. The Morgan fingerprint density at radius 1 is 1.32 bits per heavy atom. The third-order valence-electron chi connectivity index (χ3n) is 3.44. The number of nitrogens with zero attached hydrogens (tertiary/aromatic N) is 5. The maximum Gasteiger partial charge on any atom is 0.249 e. The van der Waals surface area contributed by atoms with Crippen LogP contribution in [0, 0.1) is 0 Å². The summed E-state index contributed by atoms with van der Waals surface area (Å²) in [6, 6.07) is 5.48. The topological polar surface area (TPSA) is 82.4 Å². The van der Waals surface area contributed by atoms with Crippen molar-refractivity contribution in [2.45, 2.75) is 19.7 Å². The molecule has 0 aromatic carbocycles. The number of ether oxygens (including phenoxy) is 2. The summed E-state index contributed by atoms with van der Waals surface area (Å²) in [7, 11) is 1.51. The highest BCUT2D eigenvalue weighted by molar-refractivity contribution is 5.77. The lowest BCUT2D eigenvalue weighted by molar-refractivity contribution is -0.136. The molecule has 0 saturated carbocycles. The Labute approximate surface area is 127 Å². The number of carbonyl (C=O) groups is 1. The Balaban J connectivity index is 1.64. The second-order valence-electron chi connectivity index (χ2n) is 4.89. The quantitative estimate of drug-likeness (QED) is 0.787. The van der Waals surface area contributed by atoms with Crippen LogP contribution in [0.15, 0.2) is 24.4 Å². The summed E-state index contributed by atoms with van der Waals surface area (Å²) in [6.07, 6.45) is 1.67. The van der Waals surface area contributed by atoms with Crippen LogP contribution in [0.2, 0.25) is 0 Å². The van der Waals surface area contributed by atoms with Crippen LogP contribution in [0.1, 0.15) is 11.6 Å². The van der Waals surface area contributed by atoms with E-state index in [1.807, 2.05) is 16.7 Å². The summed E-state index contributed by atoms with van der Waals surface area (Å²) in [4.78, 5) is 17.7. The fourth-order valence-electron chi connectivity index (χ4n) is 2.32. The number of methoxy groups -OCH3 is 1. The first kappa shape index (κ1) is 14.5. The Morgan fingerprint density at radius 3 is 3.00 bits per heavy atom. The molecule has 0 bridgehead atoms. The number of rotatable bonds is 5. The molecule has 2 aromatic heterocycles. The normalized spacial score (nSPS) is 13.8. The first-order valence-electron chi connectivity index (χ1n) is 6.99. The van der Waals surface area contributed by atoms with E-state index in [4.69, 9.17) is 9.47 Å². The molecule has 22 heavy (non-hydrogen) atoms. The van der Waals surface area contributed by atoms with Gasteiger partial charge in [-0.1, -0.05) is 6.07 Å². The van der Waals surface area contributed by atoms with E-state index < -0.39 is 0 Å². The maximum absolute atomic E-state index is 11.8. The van der Waals surface area contributed by atoms with Crippen molar-refractivity contribution in [2.24, 2.45) is 0 Å². The van der Waals surface area contributed by atoms with Gasteiger partial charge >= 0.3 is 0 Å². The molecule has 8 heteroatoms. The standard InChI is InChI=1S/C14H17N5O3/c1-21-10-14(20)18-6-7-19-11(8-18)16-17-12(19)9-22-13-4-2-3-5-15-13/h2-5H,6-10H2,1H3. The molecule has 2 aromatic rings. The lowest BCUT2D eigenvalue weighted by Gasteiger charge is -2.27. The zero-order valence-electron chi connectivity index (χ0n) is 12.3. The van der Waals surface area contributed by atoms with E-state index in [9.17, 15) is 4.79 Å². The number of aromatic nitrogens is 4. The molecule has 0 spiro atoms. The maximum atomic E-state index is 11.8. The summed E-state index contributed by atoms with van der Waals surface area (Å²) >= 11 is 0. The van der Waals surface area contributed by atoms with E-state index in [1.54, 1.807) is 17.2 Å². The van der Waals surface area contributed by atoms with E-state index >= 15 is 0 Å². The highest BCUT2D eigenvalue weighted by Crippen LogP contribution is 2.14. The number of pyridine rings is 1. The molecule has 0 radical (unpaired) electrons. The van der Waals surface area contributed by atoms with Crippen molar-refractivity contribution in [1.29, 1.82) is 0 Å². The van der Waals surface area contributed by atoms with Crippen LogP contribution < -0.4 is 4.74 Å². The lowest BCUT2D eigenvalue weighted by Crippen LogP contribution is -2.40.